The van der Waals surface area contributed by atoms with E-state index >= 15 is 0 Å². The summed E-state index contributed by atoms with van der Waals surface area (Å²) in [5.74, 6) is 2.15. The molecule has 1 aromatic carbocycles. The molecule has 0 radical (unpaired) electrons. The van der Waals surface area contributed by atoms with Crippen LogP contribution < -0.4 is 9.80 Å². The van der Waals surface area contributed by atoms with Gasteiger partial charge < -0.3 is 19.6 Å². The highest BCUT2D eigenvalue weighted by atomic mass is 16.5. The second-order valence-corrected chi connectivity index (χ2v) is 7.10. The molecular weight excluding hydrogens is 316 g/mol. The second kappa shape index (κ2) is 7.14. The van der Waals surface area contributed by atoms with E-state index in [0.717, 1.165) is 74.8 Å². The molecule has 0 bridgehead atoms. The molecule has 1 aliphatic heterocycles. The quantitative estimate of drug-likeness (QED) is 0.918. The lowest BCUT2D eigenvalue weighted by molar-refractivity contribution is 0.122. The van der Waals surface area contributed by atoms with Gasteiger partial charge in [0.15, 0.2) is 11.6 Å². The first-order valence-electron chi connectivity index (χ1n) is 9.21. The van der Waals surface area contributed by atoms with Gasteiger partial charge in [0, 0.05) is 32.6 Å². The van der Waals surface area contributed by atoms with Crippen LogP contribution in [0.5, 0.6) is 0 Å². The Morgan fingerprint density at radius 2 is 1.88 bits per heavy atom. The largest absolute Gasteiger partial charge is 0.393 e. The van der Waals surface area contributed by atoms with E-state index in [0.29, 0.717) is 5.92 Å². The van der Waals surface area contributed by atoms with Crippen LogP contribution in [0.1, 0.15) is 19.3 Å². The zero-order valence-electron chi connectivity index (χ0n) is 14.8. The molecule has 6 heteroatoms. The molecule has 4 rings (SSSR count). The average molecular weight is 342 g/mol. The molecule has 1 saturated carbocycles. The normalized spacial score (nSPS) is 24.0. The molecule has 2 fully saturated rings. The van der Waals surface area contributed by atoms with Crippen LogP contribution in [-0.4, -0.2) is 61.1 Å². The van der Waals surface area contributed by atoms with Gasteiger partial charge in [0.2, 0.25) is 0 Å². The number of aromatic nitrogens is 2. The van der Waals surface area contributed by atoms with Gasteiger partial charge in [-0.2, -0.15) is 0 Å². The molecular formula is C19H26N4O2. The van der Waals surface area contributed by atoms with E-state index in [1.807, 2.05) is 24.3 Å². The highest BCUT2D eigenvalue weighted by Gasteiger charge is 2.28. The van der Waals surface area contributed by atoms with Crippen molar-refractivity contribution in [2.45, 2.75) is 25.4 Å². The molecule has 6 nitrogen and oxygen atoms in total. The first-order valence-corrected chi connectivity index (χ1v) is 9.21. The highest BCUT2D eigenvalue weighted by molar-refractivity contribution is 5.80. The zero-order valence-corrected chi connectivity index (χ0v) is 14.8. The first kappa shape index (κ1) is 16.5. The van der Waals surface area contributed by atoms with Gasteiger partial charge in [-0.05, 0) is 25.0 Å². The number of benzene rings is 1. The number of hydrogen-bond acceptors (Lipinski definition) is 6. The average Bonchev–Trinajstić information content (AvgIpc) is 3.06. The van der Waals surface area contributed by atoms with Gasteiger partial charge >= 0.3 is 0 Å². The molecule has 1 saturated heterocycles. The summed E-state index contributed by atoms with van der Waals surface area (Å²) in [6, 6.07) is 8.01. The Morgan fingerprint density at radius 3 is 2.56 bits per heavy atom. The third-order valence-corrected chi connectivity index (χ3v) is 5.33. The van der Waals surface area contributed by atoms with Crippen molar-refractivity contribution in [3.8, 4) is 0 Å². The zero-order chi connectivity index (χ0) is 17.2. The highest BCUT2D eigenvalue weighted by Crippen LogP contribution is 2.31. The Bertz CT molecular complexity index is 732. The van der Waals surface area contributed by atoms with E-state index in [1.165, 1.54) is 0 Å². The maximum absolute atomic E-state index is 10.2. The molecule has 2 atom stereocenters. The Morgan fingerprint density at radius 1 is 1.16 bits per heavy atom. The number of rotatable bonds is 4. The fourth-order valence-corrected chi connectivity index (χ4v) is 3.89. The van der Waals surface area contributed by atoms with Gasteiger partial charge in [0.25, 0.3) is 0 Å². The Balaban J connectivity index is 1.69. The van der Waals surface area contributed by atoms with Crippen molar-refractivity contribution in [2.75, 3.05) is 49.7 Å². The maximum Gasteiger partial charge on any atom is 0.172 e. The number of aliphatic hydroxyl groups is 1. The number of anilines is 2. The summed E-state index contributed by atoms with van der Waals surface area (Å²) in [5, 5.41) is 10.2. The lowest BCUT2D eigenvalue weighted by Crippen LogP contribution is -2.39. The van der Waals surface area contributed by atoms with E-state index < -0.39 is 0 Å². The predicted molar refractivity (Wildman–Crippen MR) is 99.2 cm³/mol. The summed E-state index contributed by atoms with van der Waals surface area (Å²) in [6.07, 6.45) is 2.92. The molecule has 134 valence electrons. The summed E-state index contributed by atoms with van der Waals surface area (Å²) in [4.78, 5) is 14.3. The van der Waals surface area contributed by atoms with E-state index in [1.54, 1.807) is 0 Å². The second-order valence-electron chi connectivity index (χ2n) is 7.10. The third-order valence-electron chi connectivity index (χ3n) is 5.33. The standard InChI is InChI=1S/C19H26N4O2/c1-22(13-14-5-4-8-17(14)24)18-19(23-9-11-25-12-10-23)21-16-7-3-2-6-15(16)20-18/h2-3,6-7,14,17,24H,4-5,8-13H2,1H3. The van der Waals surface area contributed by atoms with Gasteiger partial charge in [0.1, 0.15) is 0 Å². The summed E-state index contributed by atoms with van der Waals surface area (Å²) < 4.78 is 5.49. The number of nitrogens with zero attached hydrogens (tertiary/aromatic N) is 4. The summed E-state index contributed by atoms with van der Waals surface area (Å²) >= 11 is 0. The Kier molecular flexibility index (Phi) is 4.72. The van der Waals surface area contributed by atoms with E-state index in [4.69, 9.17) is 14.7 Å². The van der Waals surface area contributed by atoms with Gasteiger partial charge in [-0.3, -0.25) is 0 Å². The number of morpholine rings is 1. The Labute approximate surface area is 148 Å². The minimum Gasteiger partial charge on any atom is -0.393 e. The molecule has 2 aromatic rings. The van der Waals surface area contributed by atoms with E-state index in [-0.39, 0.29) is 6.10 Å². The van der Waals surface area contributed by atoms with Crippen molar-refractivity contribution in [3.63, 3.8) is 0 Å². The molecule has 0 amide bonds. The first-order chi connectivity index (χ1) is 12.2. The lowest BCUT2D eigenvalue weighted by atomic mass is 10.1. The molecule has 2 aliphatic rings. The summed E-state index contributed by atoms with van der Waals surface area (Å²) in [5.41, 5.74) is 1.83. The fraction of sp³-hybridized carbons (Fsp3) is 0.579. The van der Waals surface area contributed by atoms with Crippen LogP contribution in [0.2, 0.25) is 0 Å². The maximum atomic E-state index is 10.2. The monoisotopic (exact) mass is 342 g/mol. The Hall–Kier alpha value is -1.92. The van der Waals surface area contributed by atoms with E-state index in [2.05, 4.69) is 16.8 Å². The molecule has 1 aromatic heterocycles. The van der Waals surface area contributed by atoms with Crippen molar-refractivity contribution in [1.29, 1.82) is 0 Å². The van der Waals surface area contributed by atoms with Crippen LogP contribution in [-0.2, 0) is 4.74 Å². The number of ether oxygens (including phenoxy) is 1. The van der Waals surface area contributed by atoms with Crippen LogP contribution in [0.15, 0.2) is 24.3 Å². The fourth-order valence-electron chi connectivity index (χ4n) is 3.89. The van der Waals surface area contributed by atoms with Crippen molar-refractivity contribution in [1.82, 2.24) is 9.97 Å². The minimum absolute atomic E-state index is 0.192. The third kappa shape index (κ3) is 3.41. The van der Waals surface area contributed by atoms with Gasteiger partial charge in [-0.15, -0.1) is 0 Å². The van der Waals surface area contributed by atoms with Crippen LogP contribution >= 0.6 is 0 Å². The van der Waals surface area contributed by atoms with Gasteiger partial charge in [-0.25, -0.2) is 9.97 Å². The molecule has 1 aliphatic carbocycles. The number of para-hydroxylation sites is 2. The van der Waals surface area contributed by atoms with Gasteiger partial charge in [0.05, 0.1) is 30.4 Å². The van der Waals surface area contributed by atoms with Crippen LogP contribution in [0.4, 0.5) is 11.6 Å². The topological polar surface area (TPSA) is 61.7 Å². The minimum atomic E-state index is -0.192. The van der Waals surface area contributed by atoms with Crippen molar-refractivity contribution < 1.29 is 9.84 Å². The molecule has 1 N–H and O–H groups in total. The van der Waals surface area contributed by atoms with Crippen LogP contribution in [0.25, 0.3) is 11.0 Å². The molecule has 0 spiro atoms. The number of hydrogen-bond donors (Lipinski definition) is 1. The lowest BCUT2D eigenvalue weighted by Gasteiger charge is -2.32. The van der Waals surface area contributed by atoms with Crippen LogP contribution in [0.3, 0.4) is 0 Å². The smallest absolute Gasteiger partial charge is 0.172 e. The predicted octanol–water partition coefficient (Wildman–Crippen LogP) is 2.06. The number of aliphatic hydroxyl groups excluding tert-OH is 1. The van der Waals surface area contributed by atoms with Crippen molar-refractivity contribution in [3.05, 3.63) is 24.3 Å². The van der Waals surface area contributed by atoms with E-state index in [9.17, 15) is 5.11 Å². The molecule has 2 unspecified atom stereocenters. The SMILES string of the molecule is CN(CC1CCCC1O)c1nc2ccccc2nc1N1CCOCC1. The van der Waals surface area contributed by atoms with Crippen molar-refractivity contribution >= 4 is 22.7 Å². The summed E-state index contributed by atoms with van der Waals surface area (Å²) in [6.45, 7) is 3.92. The number of fused-ring (bicyclic) bond motifs is 1. The van der Waals surface area contributed by atoms with Crippen LogP contribution in [0, 0.1) is 5.92 Å². The molecule has 2 heterocycles. The summed E-state index contributed by atoms with van der Waals surface area (Å²) in [7, 11) is 2.06. The molecule has 25 heavy (non-hydrogen) atoms. The van der Waals surface area contributed by atoms with Gasteiger partial charge in [-0.1, -0.05) is 18.6 Å². The van der Waals surface area contributed by atoms with Crippen molar-refractivity contribution in [2.24, 2.45) is 5.92 Å².